The number of ether oxygens (including phenoxy) is 1. The molecule has 0 aliphatic heterocycles. The van der Waals surface area contributed by atoms with Gasteiger partial charge in [0.05, 0.1) is 6.21 Å². The molecule has 0 aromatic heterocycles. The van der Waals surface area contributed by atoms with Crippen molar-refractivity contribution in [2.24, 2.45) is 15.9 Å². The van der Waals surface area contributed by atoms with E-state index in [1.165, 1.54) is 17.3 Å². The van der Waals surface area contributed by atoms with Crippen LogP contribution in [-0.2, 0) is 12.4 Å². The van der Waals surface area contributed by atoms with Gasteiger partial charge in [-0.25, -0.2) is 0 Å². The molecule has 3 aromatic rings. The lowest BCUT2D eigenvalue weighted by Gasteiger charge is -2.07. The van der Waals surface area contributed by atoms with Crippen LogP contribution < -0.4 is 10.5 Å². The Balaban J connectivity index is 1.53. The molecule has 0 spiro atoms. The predicted octanol–water partition coefficient (Wildman–Crippen LogP) is 5.50. The zero-order chi connectivity index (χ0) is 19.6. The average molecular weight is 410 g/mol. The van der Waals surface area contributed by atoms with E-state index in [4.69, 9.17) is 22.1 Å². The highest BCUT2D eigenvalue weighted by Gasteiger charge is 1.99. The van der Waals surface area contributed by atoms with E-state index in [2.05, 4.69) is 22.3 Å². The molecule has 0 bridgehead atoms. The Bertz CT molecular complexity index is 961. The lowest BCUT2D eigenvalue weighted by molar-refractivity contribution is 0.306. The quantitative estimate of drug-likeness (QED) is 0.318. The van der Waals surface area contributed by atoms with Crippen molar-refractivity contribution in [3.63, 3.8) is 0 Å². The second kappa shape index (κ2) is 10.5. The molecule has 3 aromatic carbocycles. The van der Waals surface area contributed by atoms with Crippen molar-refractivity contribution in [2.75, 3.05) is 0 Å². The molecule has 0 saturated carbocycles. The third-order valence-corrected chi connectivity index (χ3v) is 4.84. The van der Waals surface area contributed by atoms with Crippen molar-refractivity contribution in [2.45, 2.75) is 12.4 Å². The summed E-state index contributed by atoms with van der Waals surface area (Å²) in [6, 6.07) is 25.3. The molecule has 0 fully saturated rings. The summed E-state index contributed by atoms with van der Waals surface area (Å²) in [6.07, 6.45) is 1.65. The first-order valence-corrected chi connectivity index (χ1v) is 10.1. The molecule has 0 unspecified atom stereocenters. The molecule has 142 valence electrons. The highest BCUT2D eigenvalue weighted by molar-refractivity contribution is 8.13. The lowest BCUT2D eigenvalue weighted by Crippen LogP contribution is -2.06. The van der Waals surface area contributed by atoms with Crippen LogP contribution >= 0.6 is 23.4 Å². The summed E-state index contributed by atoms with van der Waals surface area (Å²) in [7, 11) is 0. The molecule has 3 rings (SSSR count). The van der Waals surface area contributed by atoms with Gasteiger partial charge in [-0.05, 0) is 41.0 Å². The molecule has 0 amide bonds. The maximum atomic E-state index is 5.99. The van der Waals surface area contributed by atoms with Gasteiger partial charge in [0.1, 0.15) is 12.4 Å². The van der Waals surface area contributed by atoms with Crippen LogP contribution in [0, 0.1) is 0 Å². The van der Waals surface area contributed by atoms with Crippen LogP contribution in [0.15, 0.2) is 89.1 Å². The fourth-order valence-corrected chi connectivity index (χ4v) is 3.22. The third-order valence-electron chi connectivity index (χ3n) is 3.75. The zero-order valence-electron chi connectivity index (χ0n) is 15.2. The highest BCUT2D eigenvalue weighted by Crippen LogP contribution is 2.16. The average Bonchev–Trinajstić information content (AvgIpc) is 2.72. The third kappa shape index (κ3) is 6.76. The number of thioether (sulfide) groups is 1. The summed E-state index contributed by atoms with van der Waals surface area (Å²) >= 11 is 7.45. The Kier molecular flexibility index (Phi) is 7.53. The van der Waals surface area contributed by atoms with E-state index in [1.807, 2.05) is 66.7 Å². The fraction of sp³-hybridized carbons (Fsp3) is 0.0909. The number of nitrogens with two attached hydrogens (primary N) is 1. The van der Waals surface area contributed by atoms with E-state index in [9.17, 15) is 0 Å². The largest absolute Gasteiger partial charge is 0.489 e. The van der Waals surface area contributed by atoms with E-state index < -0.39 is 0 Å². The number of benzene rings is 3. The van der Waals surface area contributed by atoms with Gasteiger partial charge in [0.2, 0.25) is 0 Å². The SMILES string of the molecule is NC(=NN=Cc1cccc(OCc2cccc(Cl)c2)c1)SCc1ccccc1. The molecule has 0 aliphatic rings. The van der Waals surface area contributed by atoms with Crippen molar-refractivity contribution in [1.82, 2.24) is 0 Å². The predicted molar refractivity (Wildman–Crippen MR) is 119 cm³/mol. The van der Waals surface area contributed by atoms with Crippen LogP contribution in [0.5, 0.6) is 5.75 Å². The number of rotatable bonds is 7. The standard InChI is InChI=1S/C22H20ClN3OS/c23-20-10-4-9-19(12-20)15-27-21-11-5-8-18(13-21)14-25-26-22(24)28-16-17-6-2-1-3-7-17/h1-14H,15-16H2,(H2,24,26). The van der Waals surface area contributed by atoms with Gasteiger partial charge in [-0.2, -0.15) is 5.10 Å². The first-order valence-electron chi connectivity index (χ1n) is 8.69. The van der Waals surface area contributed by atoms with Crippen LogP contribution in [0.4, 0.5) is 0 Å². The van der Waals surface area contributed by atoms with Gasteiger partial charge in [0.15, 0.2) is 5.17 Å². The molecular formula is C22H20ClN3OS. The lowest BCUT2D eigenvalue weighted by atomic mass is 10.2. The van der Waals surface area contributed by atoms with Crippen molar-refractivity contribution in [1.29, 1.82) is 0 Å². The number of hydrogen-bond acceptors (Lipinski definition) is 4. The minimum Gasteiger partial charge on any atom is -0.489 e. The molecule has 0 heterocycles. The van der Waals surface area contributed by atoms with Crippen LogP contribution in [-0.4, -0.2) is 11.4 Å². The van der Waals surface area contributed by atoms with E-state index in [-0.39, 0.29) is 0 Å². The number of nitrogens with zero attached hydrogens (tertiary/aromatic N) is 2. The molecule has 0 atom stereocenters. The van der Waals surface area contributed by atoms with Crippen LogP contribution in [0.2, 0.25) is 5.02 Å². The van der Waals surface area contributed by atoms with Crippen molar-refractivity contribution in [3.05, 3.63) is 101 Å². The van der Waals surface area contributed by atoms with E-state index in [1.54, 1.807) is 6.21 Å². The van der Waals surface area contributed by atoms with Crippen molar-refractivity contribution in [3.8, 4) is 5.75 Å². The number of halogens is 1. The Hall–Kier alpha value is -2.76. The van der Waals surface area contributed by atoms with Gasteiger partial charge in [0, 0.05) is 10.8 Å². The maximum absolute atomic E-state index is 5.99. The second-order valence-electron chi connectivity index (χ2n) is 5.95. The summed E-state index contributed by atoms with van der Waals surface area (Å²) < 4.78 is 5.82. The molecule has 6 heteroatoms. The first-order chi connectivity index (χ1) is 13.7. The summed E-state index contributed by atoms with van der Waals surface area (Å²) in [6.45, 7) is 0.447. The maximum Gasteiger partial charge on any atom is 0.180 e. The van der Waals surface area contributed by atoms with Crippen LogP contribution in [0.1, 0.15) is 16.7 Å². The van der Waals surface area contributed by atoms with E-state index in [0.717, 1.165) is 22.6 Å². The topological polar surface area (TPSA) is 60.0 Å². The summed E-state index contributed by atoms with van der Waals surface area (Å²) in [5, 5.41) is 9.23. The number of hydrogen-bond donors (Lipinski definition) is 1. The summed E-state index contributed by atoms with van der Waals surface area (Å²) in [5.41, 5.74) is 8.99. The van der Waals surface area contributed by atoms with Gasteiger partial charge >= 0.3 is 0 Å². The minimum atomic E-state index is 0.425. The highest BCUT2D eigenvalue weighted by atomic mass is 35.5. The molecule has 4 nitrogen and oxygen atoms in total. The Morgan fingerprint density at radius 1 is 0.964 bits per heavy atom. The zero-order valence-corrected chi connectivity index (χ0v) is 16.7. The van der Waals surface area contributed by atoms with Crippen LogP contribution in [0.25, 0.3) is 0 Å². The number of amidine groups is 1. The first kappa shape index (κ1) is 20.0. The molecule has 0 radical (unpaired) electrons. The smallest absolute Gasteiger partial charge is 0.180 e. The van der Waals surface area contributed by atoms with Crippen LogP contribution in [0.3, 0.4) is 0 Å². The van der Waals surface area contributed by atoms with Gasteiger partial charge < -0.3 is 10.5 Å². The molecule has 2 N–H and O–H groups in total. The molecule has 0 aliphatic carbocycles. The Labute approximate surface area is 174 Å². The summed E-state index contributed by atoms with van der Waals surface area (Å²) in [4.78, 5) is 0. The normalized spacial score (nSPS) is 11.7. The minimum absolute atomic E-state index is 0.425. The van der Waals surface area contributed by atoms with Gasteiger partial charge in [0.25, 0.3) is 0 Å². The molecule has 28 heavy (non-hydrogen) atoms. The van der Waals surface area contributed by atoms with Gasteiger partial charge in [-0.3, -0.25) is 0 Å². The fourth-order valence-electron chi connectivity index (χ4n) is 2.39. The molecular weight excluding hydrogens is 390 g/mol. The Morgan fingerprint density at radius 3 is 2.57 bits per heavy atom. The van der Waals surface area contributed by atoms with Crippen molar-refractivity contribution >= 4 is 34.7 Å². The second-order valence-corrected chi connectivity index (χ2v) is 7.38. The van der Waals surface area contributed by atoms with Gasteiger partial charge in [-0.1, -0.05) is 78.0 Å². The Morgan fingerprint density at radius 2 is 1.75 bits per heavy atom. The monoisotopic (exact) mass is 409 g/mol. The van der Waals surface area contributed by atoms with Crippen molar-refractivity contribution < 1.29 is 4.74 Å². The summed E-state index contributed by atoms with van der Waals surface area (Å²) in [5.74, 6) is 1.51. The van der Waals surface area contributed by atoms with E-state index >= 15 is 0 Å². The van der Waals surface area contributed by atoms with E-state index in [0.29, 0.717) is 16.8 Å². The van der Waals surface area contributed by atoms with Gasteiger partial charge in [-0.15, -0.1) is 5.10 Å². The molecule has 0 saturated heterocycles.